The predicted octanol–water partition coefficient (Wildman–Crippen LogP) is 3.29. The van der Waals surface area contributed by atoms with Crippen molar-refractivity contribution in [3.63, 3.8) is 0 Å². The molecule has 0 saturated carbocycles. The summed E-state index contributed by atoms with van der Waals surface area (Å²) in [4.78, 5) is 3.64. The third kappa shape index (κ3) is 5.24. The van der Waals surface area contributed by atoms with Crippen molar-refractivity contribution in [2.45, 2.75) is 24.7 Å². The predicted molar refractivity (Wildman–Crippen MR) is 69.7 cm³/mol. The summed E-state index contributed by atoms with van der Waals surface area (Å²) in [6.07, 6.45) is 2.39. The van der Waals surface area contributed by atoms with Crippen molar-refractivity contribution in [1.29, 1.82) is 0 Å². The molecule has 2 heteroatoms. The molecule has 0 radical (unpaired) electrons. The van der Waals surface area contributed by atoms with E-state index in [9.17, 15) is 0 Å². The molecule has 0 spiro atoms. The van der Waals surface area contributed by atoms with Gasteiger partial charge in [0.2, 0.25) is 0 Å². The monoisotopic (exact) mass is 223 g/mol. The summed E-state index contributed by atoms with van der Waals surface area (Å²) < 4.78 is 0. The highest BCUT2D eigenvalue weighted by atomic mass is 32.2. The number of hydrogen-bond acceptors (Lipinski definition) is 2. The summed E-state index contributed by atoms with van der Waals surface area (Å²) in [7, 11) is 4.24. The van der Waals surface area contributed by atoms with E-state index in [0.717, 1.165) is 13.0 Å². The average molecular weight is 223 g/mol. The number of rotatable bonds is 6. The maximum absolute atomic E-state index is 2.32. The first-order valence-electron chi connectivity index (χ1n) is 5.59. The summed E-state index contributed by atoms with van der Waals surface area (Å²) in [6.45, 7) is 3.35. The van der Waals surface area contributed by atoms with Crippen LogP contribution < -0.4 is 0 Å². The molecular formula is C13H21NS. The van der Waals surface area contributed by atoms with Crippen LogP contribution in [-0.2, 0) is 6.42 Å². The zero-order valence-corrected chi connectivity index (χ0v) is 10.8. The van der Waals surface area contributed by atoms with Gasteiger partial charge in [-0.25, -0.2) is 0 Å². The quantitative estimate of drug-likeness (QED) is 0.681. The van der Waals surface area contributed by atoms with E-state index >= 15 is 0 Å². The van der Waals surface area contributed by atoms with Gasteiger partial charge >= 0.3 is 0 Å². The van der Waals surface area contributed by atoms with E-state index in [2.05, 4.69) is 50.2 Å². The van der Waals surface area contributed by atoms with Crippen LogP contribution in [0.1, 0.15) is 18.9 Å². The van der Waals surface area contributed by atoms with Gasteiger partial charge in [0.05, 0.1) is 0 Å². The summed E-state index contributed by atoms with van der Waals surface area (Å²) >= 11 is 1.96. The lowest BCUT2D eigenvalue weighted by Gasteiger charge is -2.09. The van der Waals surface area contributed by atoms with Crippen molar-refractivity contribution in [3.05, 3.63) is 29.8 Å². The third-order valence-electron chi connectivity index (χ3n) is 2.22. The van der Waals surface area contributed by atoms with Crippen LogP contribution in [0.4, 0.5) is 0 Å². The Bertz CT molecular complexity index is 284. The van der Waals surface area contributed by atoms with Gasteiger partial charge in [-0.05, 0) is 50.4 Å². The maximum atomic E-state index is 2.32. The Morgan fingerprint density at radius 1 is 1.27 bits per heavy atom. The second-order valence-corrected chi connectivity index (χ2v) is 5.22. The minimum absolute atomic E-state index is 1.13. The number of nitrogens with zero attached hydrogens (tertiary/aromatic N) is 1. The highest BCUT2D eigenvalue weighted by Gasteiger charge is 1.97. The molecule has 1 rings (SSSR count). The lowest BCUT2D eigenvalue weighted by Crippen LogP contribution is -2.14. The van der Waals surface area contributed by atoms with Crippen molar-refractivity contribution in [1.82, 2.24) is 4.90 Å². The fourth-order valence-electron chi connectivity index (χ4n) is 1.36. The van der Waals surface area contributed by atoms with E-state index in [1.807, 2.05) is 11.8 Å². The average Bonchev–Trinajstić information content (AvgIpc) is 2.24. The topological polar surface area (TPSA) is 3.24 Å². The molecule has 0 aliphatic rings. The zero-order chi connectivity index (χ0) is 11.1. The molecule has 0 aliphatic carbocycles. The molecule has 15 heavy (non-hydrogen) atoms. The molecule has 0 fully saturated rings. The van der Waals surface area contributed by atoms with Crippen molar-refractivity contribution >= 4 is 11.8 Å². The molecule has 0 bridgehead atoms. The molecule has 1 aromatic carbocycles. The number of benzene rings is 1. The summed E-state index contributed by atoms with van der Waals surface area (Å²) in [5.74, 6) is 1.22. The first kappa shape index (κ1) is 12.6. The van der Waals surface area contributed by atoms with Gasteiger partial charge in [0.15, 0.2) is 0 Å². The standard InChI is InChI=1S/C13H21NS/c1-4-10-15-13-7-5-6-12(11-13)8-9-14(2)3/h5-7,11H,4,8-10H2,1-3H3. The Balaban J connectivity index is 2.50. The van der Waals surface area contributed by atoms with E-state index in [4.69, 9.17) is 0 Å². The fraction of sp³-hybridized carbons (Fsp3) is 0.538. The Morgan fingerprint density at radius 2 is 2.07 bits per heavy atom. The second-order valence-electron chi connectivity index (χ2n) is 4.05. The third-order valence-corrected chi connectivity index (χ3v) is 3.42. The SMILES string of the molecule is CCCSc1cccc(CCN(C)C)c1. The van der Waals surface area contributed by atoms with Crippen LogP contribution in [0.2, 0.25) is 0 Å². The molecule has 0 amide bonds. The van der Waals surface area contributed by atoms with Gasteiger partial charge in [-0.1, -0.05) is 19.1 Å². The Morgan fingerprint density at radius 3 is 2.73 bits per heavy atom. The lowest BCUT2D eigenvalue weighted by molar-refractivity contribution is 0.413. The molecule has 0 aromatic heterocycles. The fourth-order valence-corrected chi connectivity index (χ4v) is 2.21. The van der Waals surface area contributed by atoms with Crippen molar-refractivity contribution < 1.29 is 0 Å². The van der Waals surface area contributed by atoms with Crippen LogP contribution in [0.15, 0.2) is 29.2 Å². The highest BCUT2D eigenvalue weighted by Crippen LogP contribution is 2.19. The summed E-state index contributed by atoms with van der Waals surface area (Å²) in [5, 5.41) is 0. The molecule has 0 heterocycles. The van der Waals surface area contributed by atoms with Crippen LogP contribution in [0.3, 0.4) is 0 Å². The van der Waals surface area contributed by atoms with Gasteiger partial charge in [-0.15, -0.1) is 11.8 Å². The summed E-state index contributed by atoms with van der Waals surface area (Å²) in [5.41, 5.74) is 1.45. The minimum atomic E-state index is 1.13. The van der Waals surface area contributed by atoms with E-state index in [1.54, 1.807) is 0 Å². The molecule has 84 valence electrons. The zero-order valence-electron chi connectivity index (χ0n) is 9.99. The molecule has 0 unspecified atom stereocenters. The van der Waals surface area contributed by atoms with Gasteiger partial charge in [0, 0.05) is 11.4 Å². The largest absolute Gasteiger partial charge is 0.309 e. The van der Waals surface area contributed by atoms with Crippen LogP contribution >= 0.6 is 11.8 Å². The van der Waals surface area contributed by atoms with Gasteiger partial charge in [-0.2, -0.15) is 0 Å². The van der Waals surface area contributed by atoms with Gasteiger partial charge < -0.3 is 4.90 Å². The van der Waals surface area contributed by atoms with E-state index in [1.165, 1.54) is 22.6 Å². The first-order chi connectivity index (χ1) is 7.22. The molecule has 0 aliphatic heterocycles. The Labute approximate surface area is 97.9 Å². The smallest absolute Gasteiger partial charge is 0.00746 e. The molecule has 1 aromatic rings. The lowest BCUT2D eigenvalue weighted by atomic mass is 10.1. The minimum Gasteiger partial charge on any atom is -0.309 e. The number of thioether (sulfide) groups is 1. The molecule has 0 N–H and O–H groups in total. The molecular weight excluding hydrogens is 202 g/mol. The van der Waals surface area contributed by atoms with Crippen LogP contribution in [0.25, 0.3) is 0 Å². The van der Waals surface area contributed by atoms with Gasteiger partial charge in [0.1, 0.15) is 0 Å². The first-order valence-corrected chi connectivity index (χ1v) is 6.57. The van der Waals surface area contributed by atoms with Gasteiger partial charge in [-0.3, -0.25) is 0 Å². The maximum Gasteiger partial charge on any atom is 0.00746 e. The summed E-state index contributed by atoms with van der Waals surface area (Å²) in [6, 6.07) is 8.92. The normalized spacial score (nSPS) is 10.9. The molecule has 1 nitrogen and oxygen atoms in total. The second kappa shape index (κ2) is 6.91. The van der Waals surface area contributed by atoms with Crippen LogP contribution in [0, 0.1) is 0 Å². The van der Waals surface area contributed by atoms with Crippen molar-refractivity contribution in [3.8, 4) is 0 Å². The molecule has 0 atom stereocenters. The molecule has 0 saturated heterocycles. The van der Waals surface area contributed by atoms with Crippen LogP contribution in [-0.4, -0.2) is 31.3 Å². The van der Waals surface area contributed by atoms with E-state index < -0.39 is 0 Å². The van der Waals surface area contributed by atoms with Crippen molar-refractivity contribution in [2.75, 3.05) is 26.4 Å². The Hall–Kier alpha value is -0.470. The van der Waals surface area contributed by atoms with E-state index in [-0.39, 0.29) is 0 Å². The number of hydrogen-bond donors (Lipinski definition) is 0. The highest BCUT2D eigenvalue weighted by molar-refractivity contribution is 7.99. The van der Waals surface area contributed by atoms with E-state index in [0.29, 0.717) is 0 Å². The van der Waals surface area contributed by atoms with Crippen molar-refractivity contribution in [2.24, 2.45) is 0 Å². The van der Waals surface area contributed by atoms with Crippen LogP contribution in [0.5, 0.6) is 0 Å². The Kier molecular flexibility index (Phi) is 5.81. The number of likely N-dealkylation sites (N-methyl/N-ethyl adjacent to an activating group) is 1. The van der Waals surface area contributed by atoms with Gasteiger partial charge in [0.25, 0.3) is 0 Å².